The van der Waals surface area contributed by atoms with E-state index in [9.17, 15) is 5.26 Å². The van der Waals surface area contributed by atoms with E-state index in [2.05, 4.69) is 26.3 Å². The second kappa shape index (κ2) is 7.29. The van der Waals surface area contributed by atoms with Crippen LogP contribution in [0, 0.1) is 22.7 Å². The smallest absolute Gasteiger partial charge is 0.181 e. The number of nitriles is 2. The lowest BCUT2D eigenvalue weighted by molar-refractivity contribution is 0.276. The zero-order valence-electron chi connectivity index (χ0n) is 16.4. The fraction of sp³-hybridized carbons (Fsp3) is 0.0870. The molecule has 0 bridgehead atoms. The molecule has 1 aliphatic rings. The van der Waals surface area contributed by atoms with Crippen LogP contribution >= 0.6 is 0 Å². The third-order valence-corrected chi connectivity index (χ3v) is 4.97. The lowest BCUT2D eigenvalue weighted by Crippen LogP contribution is -2.08. The summed E-state index contributed by atoms with van der Waals surface area (Å²) in [5.41, 5.74) is 5.14. The van der Waals surface area contributed by atoms with Gasteiger partial charge in [0.2, 0.25) is 0 Å². The van der Waals surface area contributed by atoms with Crippen molar-refractivity contribution in [3.8, 4) is 51.8 Å². The molecule has 0 spiro atoms. The molecular weight excluding hydrogens is 390 g/mol. The first-order valence-corrected chi connectivity index (χ1v) is 9.55. The summed E-state index contributed by atoms with van der Waals surface area (Å²) in [4.78, 5) is 16.9. The molecule has 0 aliphatic carbocycles. The number of pyridine rings is 2. The molecule has 0 saturated carbocycles. The minimum atomic E-state index is -0.612. The van der Waals surface area contributed by atoms with Crippen LogP contribution in [0.4, 0.5) is 11.5 Å². The Labute approximate surface area is 177 Å². The zero-order valence-corrected chi connectivity index (χ0v) is 16.4. The number of aromatic amines is 1. The summed E-state index contributed by atoms with van der Waals surface area (Å²) in [5, 5.41) is 22.0. The van der Waals surface area contributed by atoms with Crippen LogP contribution in [0.15, 0.2) is 55.0 Å². The molecule has 0 fully saturated rings. The molecule has 148 valence electrons. The highest BCUT2D eigenvalue weighted by Crippen LogP contribution is 2.43. The second-order valence-corrected chi connectivity index (χ2v) is 6.96. The van der Waals surface area contributed by atoms with Gasteiger partial charge in [0.25, 0.3) is 0 Å². The van der Waals surface area contributed by atoms with E-state index in [1.165, 1.54) is 0 Å². The van der Waals surface area contributed by atoms with Gasteiger partial charge in [-0.05, 0) is 43.3 Å². The molecule has 8 heteroatoms. The third-order valence-electron chi connectivity index (χ3n) is 4.97. The van der Waals surface area contributed by atoms with E-state index in [0.717, 1.165) is 28.2 Å². The van der Waals surface area contributed by atoms with Crippen LogP contribution in [-0.2, 0) is 0 Å². The monoisotopic (exact) mass is 405 g/mol. The Morgan fingerprint density at radius 3 is 2.81 bits per heavy atom. The van der Waals surface area contributed by atoms with E-state index < -0.39 is 6.10 Å². The standard InChI is InChI=1S/C23H15N7O/c1-13(10-24)31-15-4-5-16(14(9-15)11-25)23-29-20-17-6-8-26-12-19(17)28-22-18(21(20)30-23)3-2-7-27-22/h2-9,12-13H,1H3,(H,27,28)(H,29,30). The summed E-state index contributed by atoms with van der Waals surface area (Å²) in [7, 11) is 0. The maximum absolute atomic E-state index is 9.72. The van der Waals surface area contributed by atoms with Gasteiger partial charge in [-0.2, -0.15) is 10.5 Å². The highest BCUT2D eigenvalue weighted by atomic mass is 16.5. The van der Waals surface area contributed by atoms with E-state index >= 15 is 0 Å². The zero-order chi connectivity index (χ0) is 21.4. The Balaban J connectivity index is 1.68. The van der Waals surface area contributed by atoms with Crippen LogP contribution in [0.5, 0.6) is 5.75 Å². The van der Waals surface area contributed by atoms with Gasteiger partial charge in [0.15, 0.2) is 6.10 Å². The van der Waals surface area contributed by atoms with Gasteiger partial charge in [-0.15, -0.1) is 0 Å². The van der Waals surface area contributed by atoms with Crippen molar-refractivity contribution in [2.75, 3.05) is 5.32 Å². The lowest BCUT2D eigenvalue weighted by Gasteiger charge is -2.10. The number of nitrogens with one attached hydrogen (secondary N) is 2. The quantitative estimate of drug-likeness (QED) is 0.455. The van der Waals surface area contributed by atoms with Gasteiger partial charge in [0, 0.05) is 29.1 Å². The molecule has 3 aromatic heterocycles. The average molecular weight is 405 g/mol. The summed E-state index contributed by atoms with van der Waals surface area (Å²) < 4.78 is 5.52. The highest BCUT2D eigenvalue weighted by molar-refractivity contribution is 5.95. The summed E-state index contributed by atoms with van der Waals surface area (Å²) >= 11 is 0. The summed E-state index contributed by atoms with van der Waals surface area (Å²) in [6.07, 6.45) is 4.57. The Morgan fingerprint density at radius 1 is 1.06 bits per heavy atom. The fourth-order valence-corrected chi connectivity index (χ4v) is 3.55. The third kappa shape index (κ3) is 3.13. The van der Waals surface area contributed by atoms with Gasteiger partial charge in [-0.3, -0.25) is 4.98 Å². The molecule has 0 saturated heterocycles. The number of nitrogens with zero attached hydrogens (tertiary/aromatic N) is 5. The number of anilines is 2. The predicted molar refractivity (Wildman–Crippen MR) is 114 cm³/mol. The number of hydrogen-bond donors (Lipinski definition) is 2. The van der Waals surface area contributed by atoms with Crippen molar-refractivity contribution in [1.29, 1.82) is 10.5 Å². The van der Waals surface area contributed by atoms with Gasteiger partial charge in [-0.1, -0.05) is 0 Å². The number of fused-ring (bicyclic) bond motifs is 5. The van der Waals surface area contributed by atoms with E-state index in [0.29, 0.717) is 28.5 Å². The molecule has 2 N–H and O–H groups in total. The van der Waals surface area contributed by atoms with Crippen molar-refractivity contribution in [2.45, 2.75) is 13.0 Å². The molecule has 1 aromatic carbocycles. The Hall–Kier alpha value is -4.69. The molecule has 4 heterocycles. The minimum Gasteiger partial charge on any atom is -0.476 e. The molecule has 1 atom stereocenters. The first kappa shape index (κ1) is 18.3. The average Bonchev–Trinajstić information content (AvgIpc) is 3.19. The van der Waals surface area contributed by atoms with Crippen molar-refractivity contribution < 1.29 is 4.74 Å². The van der Waals surface area contributed by atoms with Crippen LogP contribution in [0.25, 0.3) is 33.9 Å². The number of hydrogen-bond acceptors (Lipinski definition) is 7. The Morgan fingerprint density at radius 2 is 1.97 bits per heavy atom. The van der Waals surface area contributed by atoms with Crippen LogP contribution in [0.1, 0.15) is 12.5 Å². The molecule has 0 radical (unpaired) electrons. The van der Waals surface area contributed by atoms with Crippen LogP contribution in [0.3, 0.4) is 0 Å². The lowest BCUT2D eigenvalue weighted by atomic mass is 10.1. The molecule has 31 heavy (non-hydrogen) atoms. The topological polar surface area (TPSA) is 123 Å². The maximum Gasteiger partial charge on any atom is 0.181 e. The maximum atomic E-state index is 9.72. The Kier molecular flexibility index (Phi) is 4.31. The van der Waals surface area contributed by atoms with E-state index in [1.54, 1.807) is 43.7 Å². The molecule has 4 aromatic rings. The first-order valence-electron chi connectivity index (χ1n) is 9.55. The van der Waals surface area contributed by atoms with Crippen LogP contribution in [0.2, 0.25) is 0 Å². The number of benzene rings is 1. The summed E-state index contributed by atoms with van der Waals surface area (Å²) in [6, 6.07) is 15.0. The molecule has 1 unspecified atom stereocenters. The fourth-order valence-electron chi connectivity index (χ4n) is 3.55. The van der Waals surface area contributed by atoms with E-state index in [1.807, 2.05) is 24.3 Å². The predicted octanol–water partition coefficient (Wildman–Crippen LogP) is 4.42. The second-order valence-electron chi connectivity index (χ2n) is 6.96. The first-order chi connectivity index (χ1) is 15.2. The van der Waals surface area contributed by atoms with Crippen molar-refractivity contribution in [2.24, 2.45) is 0 Å². The van der Waals surface area contributed by atoms with Gasteiger partial charge in [0.1, 0.15) is 35.2 Å². The van der Waals surface area contributed by atoms with Crippen LogP contribution in [-0.4, -0.2) is 26.0 Å². The van der Waals surface area contributed by atoms with E-state index in [-0.39, 0.29) is 0 Å². The van der Waals surface area contributed by atoms with Crippen LogP contribution < -0.4 is 10.1 Å². The summed E-state index contributed by atoms with van der Waals surface area (Å²) in [6.45, 7) is 1.65. The van der Waals surface area contributed by atoms with Gasteiger partial charge in [-0.25, -0.2) is 9.97 Å². The summed E-state index contributed by atoms with van der Waals surface area (Å²) in [5.74, 6) is 1.70. The minimum absolute atomic E-state index is 0.394. The number of rotatable bonds is 3. The van der Waals surface area contributed by atoms with Crippen molar-refractivity contribution in [3.05, 3.63) is 60.6 Å². The van der Waals surface area contributed by atoms with Crippen molar-refractivity contribution in [1.82, 2.24) is 19.9 Å². The van der Waals surface area contributed by atoms with E-state index in [4.69, 9.17) is 15.0 Å². The van der Waals surface area contributed by atoms with Gasteiger partial charge >= 0.3 is 0 Å². The molecule has 1 aliphatic heterocycles. The largest absolute Gasteiger partial charge is 0.476 e. The van der Waals surface area contributed by atoms with Gasteiger partial charge in [0.05, 0.1) is 23.1 Å². The van der Waals surface area contributed by atoms with Crippen molar-refractivity contribution >= 4 is 11.5 Å². The van der Waals surface area contributed by atoms with Crippen molar-refractivity contribution in [3.63, 3.8) is 0 Å². The number of imidazole rings is 1. The number of aromatic nitrogens is 4. The molecule has 8 nitrogen and oxygen atoms in total. The number of ether oxygens (including phenoxy) is 1. The molecular formula is C23H15N7O. The number of H-pyrrole nitrogens is 1. The Bertz CT molecular complexity index is 1330. The highest BCUT2D eigenvalue weighted by Gasteiger charge is 2.24. The molecule has 5 rings (SSSR count). The van der Waals surface area contributed by atoms with Gasteiger partial charge < -0.3 is 15.0 Å². The molecule has 0 amide bonds. The normalized spacial score (nSPS) is 12.1. The SMILES string of the molecule is CC(C#N)Oc1ccc(-c2nc3c([nH]2)-c2ccncc2Nc2ncccc2-3)c(C#N)c1.